The van der Waals surface area contributed by atoms with Crippen molar-refractivity contribution in [1.29, 1.82) is 0 Å². The van der Waals surface area contributed by atoms with Gasteiger partial charge in [-0.3, -0.25) is 0 Å². The molecule has 0 atom stereocenters. The van der Waals surface area contributed by atoms with Crippen molar-refractivity contribution in [2.45, 2.75) is 26.8 Å². The second kappa shape index (κ2) is 6.22. The van der Waals surface area contributed by atoms with Crippen LogP contribution in [-0.4, -0.2) is 22.6 Å². The third kappa shape index (κ3) is 3.37. The third-order valence-corrected chi connectivity index (χ3v) is 3.23. The quantitative estimate of drug-likeness (QED) is 0.648. The van der Waals surface area contributed by atoms with E-state index in [1.165, 1.54) is 0 Å². The summed E-state index contributed by atoms with van der Waals surface area (Å²) < 4.78 is 2.23. The molecule has 0 fully saturated rings. The average Bonchev–Trinajstić information content (AvgIpc) is 2.66. The first kappa shape index (κ1) is 14.1. The lowest BCUT2D eigenvalue weighted by Crippen LogP contribution is -2.18. The molecule has 0 unspecified atom stereocenters. The number of rotatable bonds is 6. The number of benzene rings is 1. The van der Waals surface area contributed by atoms with Crippen LogP contribution in [0.5, 0.6) is 0 Å². The second-order valence-electron chi connectivity index (χ2n) is 4.81. The van der Waals surface area contributed by atoms with Gasteiger partial charge in [0.1, 0.15) is 5.82 Å². The number of allylic oxidation sites excluding steroid dienone is 1. The lowest BCUT2D eigenvalue weighted by Gasteiger charge is -2.09. The molecule has 19 heavy (non-hydrogen) atoms. The minimum atomic E-state index is 0.728. The first-order chi connectivity index (χ1) is 9.11. The summed E-state index contributed by atoms with van der Waals surface area (Å²) in [6, 6.07) is 5.86. The van der Waals surface area contributed by atoms with Gasteiger partial charge in [0.25, 0.3) is 0 Å². The number of hydrogen-bond donors (Lipinski definition) is 1. The Balaban J connectivity index is 2.38. The van der Waals surface area contributed by atoms with Crippen molar-refractivity contribution < 1.29 is 0 Å². The molecule has 0 spiro atoms. The van der Waals surface area contributed by atoms with Crippen molar-refractivity contribution in [3.63, 3.8) is 0 Å². The summed E-state index contributed by atoms with van der Waals surface area (Å²) in [4.78, 5) is 4.70. The van der Waals surface area contributed by atoms with E-state index in [1.54, 1.807) is 0 Å². The zero-order chi connectivity index (χ0) is 13.8. The molecule has 102 valence electrons. The van der Waals surface area contributed by atoms with Crippen LogP contribution in [-0.2, 0) is 13.0 Å². The molecule has 1 aromatic carbocycles. The summed E-state index contributed by atoms with van der Waals surface area (Å²) in [5.74, 6) is 1.08. The lowest BCUT2D eigenvalue weighted by atomic mass is 10.3. The van der Waals surface area contributed by atoms with Crippen LogP contribution in [0.3, 0.4) is 0 Å². The van der Waals surface area contributed by atoms with Gasteiger partial charge in [0, 0.05) is 24.5 Å². The maximum absolute atomic E-state index is 6.03. The largest absolute Gasteiger partial charge is 0.324 e. The van der Waals surface area contributed by atoms with Crippen molar-refractivity contribution >= 4 is 22.6 Å². The van der Waals surface area contributed by atoms with Gasteiger partial charge in [-0.15, -0.1) is 0 Å². The Labute approximate surface area is 119 Å². The van der Waals surface area contributed by atoms with E-state index in [2.05, 4.69) is 23.4 Å². The van der Waals surface area contributed by atoms with Gasteiger partial charge in [0.2, 0.25) is 0 Å². The molecule has 1 aromatic heterocycles. The monoisotopic (exact) mass is 277 g/mol. The van der Waals surface area contributed by atoms with E-state index < -0.39 is 0 Å². The number of nitrogens with one attached hydrogen (secondary N) is 1. The molecule has 4 heteroatoms. The molecule has 0 bridgehead atoms. The minimum absolute atomic E-state index is 0.728. The fourth-order valence-electron chi connectivity index (χ4n) is 2.17. The van der Waals surface area contributed by atoms with Gasteiger partial charge in [-0.1, -0.05) is 30.7 Å². The van der Waals surface area contributed by atoms with Gasteiger partial charge in [-0.05, 0) is 31.7 Å². The molecular weight excluding hydrogens is 258 g/mol. The number of fused-ring (bicyclic) bond motifs is 1. The first-order valence-corrected chi connectivity index (χ1v) is 6.99. The molecule has 1 N–H and O–H groups in total. The van der Waals surface area contributed by atoms with E-state index in [9.17, 15) is 0 Å². The topological polar surface area (TPSA) is 29.9 Å². The van der Waals surface area contributed by atoms with E-state index in [0.29, 0.717) is 0 Å². The van der Waals surface area contributed by atoms with Crippen molar-refractivity contribution in [2.24, 2.45) is 0 Å². The molecule has 3 nitrogen and oxygen atoms in total. The van der Waals surface area contributed by atoms with Gasteiger partial charge < -0.3 is 9.88 Å². The highest BCUT2D eigenvalue weighted by atomic mass is 35.5. The Kier molecular flexibility index (Phi) is 4.61. The van der Waals surface area contributed by atoms with Gasteiger partial charge >= 0.3 is 0 Å². The molecule has 0 aliphatic rings. The molecule has 0 saturated carbocycles. The van der Waals surface area contributed by atoms with Gasteiger partial charge in [0.15, 0.2) is 0 Å². The van der Waals surface area contributed by atoms with Gasteiger partial charge in [0.05, 0.1) is 11.0 Å². The van der Waals surface area contributed by atoms with Gasteiger partial charge in [-0.2, -0.15) is 0 Å². The summed E-state index contributed by atoms with van der Waals surface area (Å²) in [5.41, 5.74) is 3.21. The molecule has 0 aliphatic heterocycles. The normalized spacial score (nSPS) is 11.1. The second-order valence-corrected chi connectivity index (χ2v) is 5.24. The summed E-state index contributed by atoms with van der Waals surface area (Å²) in [6.07, 6.45) is 0.910. The Morgan fingerprint density at radius 3 is 2.95 bits per heavy atom. The molecule has 0 radical (unpaired) electrons. The maximum Gasteiger partial charge on any atom is 0.111 e. The van der Waals surface area contributed by atoms with Gasteiger partial charge in [-0.25, -0.2) is 4.98 Å². The predicted octanol–water partition coefficient (Wildman–Crippen LogP) is 3.42. The Morgan fingerprint density at radius 2 is 2.26 bits per heavy atom. The zero-order valence-electron chi connectivity index (χ0n) is 11.5. The van der Waals surface area contributed by atoms with E-state index in [1.807, 2.05) is 25.1 Å². The van der Waals surface area contributed by atoms with Crippen LogP contribution in [0.15, 0.2) is 30.4 Å². The van der Waals surface area contributed by atoms with Crippen LogP contribution in [0.4, 0.5) is 0 Å². The number of nitrogens with zero attached hydrogens (tertiary/aromatic N) is 2. The fraction of sp³-hybridized carbons (Fsp3) is 0.400. The Bertz CT molecular complexity index is 586. The van der Waals surface area contributed by atoms with Crippen LogP contribution < -0.4 is 5.32 Å². The number of halogens is 1. The number of aromatic nitrogens is 2. The summed E-state index contributed by atoms with van der Waals surface area (Å²) in [7, 11) is 0. The van der Waals surface area contributed by atoms with Crippen LogP contribution in [0.25, 0.3) is 11.0 Å². The number of likely N-dealkylation sites (N-methyl/N-ethyl adjacent to an activating group) is 1. The molecule has 0 amide bonds. The average molecular weight is 278 g/mol. The standard InChI is InChI=1S/C15H20ClN3/c1-4-17-8-7-15-18-13-9-12(16)5-6-14(13)19(15)10-11(2)3/h5-6,9,17H,2,4,7-8,10H2,1,3H3. The number of imidazole rings is 1. The van der Waals surface area contributed by atoms with Crippen molar-refractivity contribution in [3.05, 3.63) is 41.2 Å². The maximum atomic E-state index is 6.03. The summed E-state index contributed by atoms with van der Waals surface area (Å²) >= 11 is 6.03. The van der Waals surface area contributed by atoms with E-state index >= 15 is 0 Å². The molecule has 0 saturated heterocycles. The zero-order valence-corrected chi connectivity index (χ0v) is 12.3. The minimum Gasteiger partial charge on any atom is -0.324 e. The first-order valence-electron chi connectivity index (χ1n) is 6.61. The highest BCUT2D eigenvalue weighted by Gasteiger charge is 2.10. The lowest BCUT2D eigenvalue weighted by molar-refractivity contribution is 0.662. The van der Waals surface area contributed by atoms with Crippen LogP contribution in [0, 0.1) is 0 Å². The molecule has 0 aliphatic carbocycles. The van der Waals surface area contributed by atoms with E-state index in [4.69, 9.17) is 16.6 Å². The van der Waals surface area contributed by atoms with Crippen LogP contribution in [0.2, 0.25) is 5.02 Å². The summed E-state index contributed by atoms with van der Waals surface area (Å²) in [6.45, 7) is 10.9. The van der Waals surface area contributed by atoms with Crippen LogP contribution in [0.1, 0.15) is 19.7 Å². The highest BCUT2D eigenvalue weighted by Crippen LogP contribution is 2.21. The van der Waals surface area contributed by atoms with Crippen molar-refractivity contribution in [2.75, 3.05) is 13.1 Å². The van der Waals surface area contributed by atoms with E-state index in [0.717, 1.165) is 53.5 Å². The SMILES string of the molecule is C=C(C)Cn1c(CCNCC)nc2cc(Cl)ccc21. The van der Waals surface area contributed by atoms with E-state index in [-0.39, 0.29) is 0 Å². The van der Waals surface area contributed by atoms with Crippen molar-refractivity contribution in [1.82, 2.24) is 14.9 Å². The molecule has 1 heterocycles. The number of hydrogen-bond acceptors (Lipinski definition) is 2. The Morgan fingerprint density at radius 1 is 1.47 bits per heavy atom. The Hall–Kier alpha value is -1.32. The van der Waals surface area contributed by atoms with Crippen LogP contribution >= 0.6 is 11.6 Å². The smallest absolute Gasteiger partial charge is 0.111 e. The fourth-order valence-corrected chi connectivity index (χ4v) is 2.33. The third-order valence-electron chi connectivity index (χ3n) is 2.99. The molecular formula is C15H20ClN3. The summed E-state index contributed by atoms with van der Waals surface area (Å²) in [5, 5.41) is 4.06. The molecule has 2 aromatic rings. The molecule has 2 rings (SSSR count). The predicted molar refractivity (Wildman–Crippen MR) is 81.8 cm³/mol. The van der Waals surface area contributed by atoms with Crippen molar-refractivity contribution in [3.8, 4) is 0 Å². The highest BCUT2D eigenvalue weighted by molar-refractivity contribution is 6.31.